The van der Waals surface area contributed by atoms with Crippen LogP contribution in [0.1, 0.15) is 43.2 Å². The van der Waals surface area contributed by atoms with Crippen molar-refractivity contribution in [2.45, 2.75) is 44.4 Å². The van der Waals surface area contributed by atoms with E-state index in [-0.39, 0.29) is 12.1 Å². The molecule has 1 fully saturated rings. The first-order chi connectivity index (χ1) is 12.5. The molecule has 0 saturated heterocycles. The van der Waals surface area contributed by atoms with Crippen molar-refractivity contribution < 1.29 is 17.9 Å². The van der Waals surface area contributed by atoms with Gasteiger partial charge in [0.05, 0.1) is 11.3 Å². The van der Waals surface area contributed by atoms with Crippen molar-refractivity contribution in [2.75, 3.05) is 5.32 Å². The number of anilines is 2. The molecule has 0 amide bonds. The zero-order valence-electron chi connectivity index (χ0n) is 13.9. The molecule has 1 aliphatic carbocycles. The van der Waals surface area contributed by atoms with Crippen LogP contribution in [0.3, 0.4) is 0 Å². The Hall–Kier alpha value is -2.82. The number of rotatable bonds is 4. The molecule has 1 saturated carbocycles. The molecule has 1 aromatic heterocycles. The van der Waals surface area contributed by atoms with Crippen LogP contribution in [0.2, 0.25) is 0 Å². The first-order valence-corrected chi connectivity index (χ1v) is 8.34. The minimum atomic E-state index is -4.60. The molecule has 5 nitrogen and oxygen atoms in total. The average molecular weight is 362 g/mol. The number of para-hydroxylation sites is 1. The van der Waals surface area contributed by atoms with Crippen molar-refractivity contribution in [2.24, 2.45) is 0 Å². The lowest BCUT2D eigenvalue weighted by Crippen LogP contribution is -2.22. The smallest absolute Gasteiger partial charge is 0.423 e. The summed E-state index contributed by atoms with van der Waals surface area (Å²) in [4.78, 5) is 7.67. The van der Waals surface area contributed by atoms with Gasteiger partial charge < -0.3 is 10.1 Å². The highest BCUT2D eigenvalue weighted by Gasteiger charge is 2.37. The van der Waals surface area contributed by atoms with Gasteiger partial charge in [-0.3, -0.25) is 0 Å². The third-order valence-corrected chi connectivity index (χ3v) is 4.18. The topological polar surface area (TPSA) is 70.8 Å². The summed E-state index contributed by atoms with van der Waals surface area (Å²) >= 11 is 0. The van der Waals surface area contributed by atoms with E-state index in [4.69, 9.17) is 10.00 Å². The predicted octanol–water partition coefficient (Wildman–Crippen LogP) is 4.82. The highest BCUT2D eigenvalue weighted by atomic mass is 19.4. The summed E-state index contributed by atoms with van der Waals surface area (Å²) in [6, 6.07) is 8.61. The lowest BCUT2D eigenvalue weighted by atomic mass is 9.98. The average Bonchev–Trinajstić information content (AvgIpc) is 2.62. The molecule has 1 aliphatic rings. The van der Waals surface area contributed by atoms with Gasteiger partial charge in [0, 0.05) is 6.20 Å². The van der Waals surface area contributed by atoms with E-state index in [2.05, 4.69) is 15.3 Å². The Balaban J connectivity index is 1.90. The second-order valence-electron chi connectivity index (χ2n) is 6.07. The summed E-state index contributed by atoms with van der Waals surface area (Å²) in [6.45, 7) is 0. The minimum absolute atomic E-state index is 0.0495. The Morgan fingerprint density at radius 2 is 1.88 bits per heavy atom. The van der Waals surface area contributed by atoms with Gasteiger partial charge in [-0.05, 0) is 37.8 Å². The third kappa shape index (κ3) is 4.23. The number of alkyl halides is 3. The molecule has 3 rings (SSSR count). The number of hydrogen-bond acceptors (Lipinski definition) is 5. The maximum Gasteiger partial charge on any atom is 0.423 e. The Kier molecular flexibility index (Phi) is 5.26. The lowest BCUT2D eigenvalue weighted by Gasteiger charge is -2.24. The summed E-state index contributed by atoms with van der Waals surface area (Å²) in [5.74, 6) is -0.525. The molecule has 0 aliphatic heterocycles. The SMILES string of the molecule is N#Cc1ccccc1Nc1ncc(C(F)(F)F)c(OC2CCCCC2)n1. The Morgan fingerprint density at radius 3 is 2.58 bits per heavy atom. The molecular weight excluding hydrogens is 345 g/mol. The van der Waals surface area contributed by atoms with Crippen molar-refractivity contribution in [3.63, 3.8) is 0 Å². The van der Waals surface area contributed by atoms with Crippen molar-refractivity contribution >= 4 is 11.6 Å². The number of ether oxygens (including phenoxy) is 1. The van der Waals surface area contributed by atoms with Gasteiger partial charge in [0.1, 0.15) is 17.7 Å². The maximum atomic E-state index is 13.3. The highest BCUT2D eigenvalue weighted by molar-refractivity contribution is 5.63. The molecule has 136 valence electrons. The van der Waals surface area contributed by atoms with E-state index in [0.29, 0.717) is 30.3 Å². The van der Waals surface area contributed by atoms with Crippen molar-refractivity contribution in [3.8, 4) is 11.9 Å². The van der Waals surface area contributed by atoms with Gasteiger partial charge in [-0.2, -0.15) is 23.4 Å². The normalized spacial score (nSPS) is 15.3. The molecule has 0 bridgehead atoms. The molecule has 1 aromatic carbocycles. The van der Waals surface area contributed by atoms with Gasteiger partial charge in [0.2, 0.25) is 11.8 Å². The maximum absolute atomic E-state index is 13.3. The van der Waals surface area contributed by atoms with E-state index in [1.165, 1.54) is 0 Å². The molecule has 8 heteroatoms. The van der Waals surface area contributed by atoms with Gasteiger partial charge in [-0.15, -0.1) is 0 Å². The summed E-state index contributed by atoms with van der Waals surface area (Å²) < 4.78 is 45.3. The van der Waals surface area contributed by atoms with Gasteiger partial charge in [-0.1, -0.05) is 18.6 Å². The molecule has 2 aromatic rings. The fourth-order valence-corrected chi connectivity index (χ4v) is 2.86. The summed E-state index contributed by atoms with van der Waals surface area (Å²) in [6.07, 6.45) is 0.167. The highest BCUT2D eigenvalue weighted by Crippen LogP contribution is 2.37. The van der Waals surface area contributed by atoms with Gasteiger partial charge in [-0.25, -0.2) is 4.98 Å². The van der Waals surface area contributed by atoms with E-state index in [1.54, 1.807) is 24.3 Å². The van der Waals surface area contributed by atoms with Crippen LogP contribution in [0.15, 0.2) is 30.5 Å². The van der Waals surface area contributed by atoms with Gasteiger partial charge in [0.25, 0.3) is 0 Å². The second-order valence-corrected chi connectivity index (χ2v) is 6.07. The number of nitrogens with zero attached hydrogens (tertiary/aromatic N) is 3. The fourth-order valence-electron chi connectivity index (χ4n) is 2.86. The zero-order chi connectivity index (χ0) is 18.6. The Bertz CT molecular complexity index is 811. The van der Waals surface area contributed by atoms with E-state index in [9.17, 15) is 13.2 Å². The molecular formula is C18H17F3N4O. The fraction of sp³-hybridized carbons (Fsp3) is 0.389. The summed E-state index contributed by atoms with van der Waals surface area (Å²) in [5.41, 5.74) is -0.244. The molecule has 0 atom stereocenters. The largest absolute Gasteiger partial charge is 0.474 e. The number of hydrogen-bond donors (Lipinski definition) is 1. The van der Waals surface area contributed by atoms with Crippen molar-refractivity contribution in [1.29, 1.82) is 5.26 Å². The monoisotopic (exact) mass is 362 g/mol. The number of benzene rings is 1. The predicted molar refractivity (Wildman–Crippen MR) is 89.0 cm³/mol. The van der Waals surface area contributed by atoms with Gasteiger partial charge >= 0.3 is 6.18 Å². The minimum Gasteiger partial charge on any atom is -0.474 e. The zero-order valence-corrected chi connectivity index (χ0v) is 13.9. The molecule has 1 N–H and O–H groups in total. The number of nitriles is 1. The van der Waals surface area contributed by atoms with Crippen LogP contribution in [-0.4, -0.2) is 16.1 Å². The van der Waals surface area contributed by atoms with E-state index in [1.807, 2.05) is 6.07 Å². The van der Waals surface area contributed by atoms with Crippen LogP contribution in [0.4, 0.5) is 24.8 Å². The van der Waals surface area contributed by atoms with Crippen LogP contribution in [0, 0.1) is 11.3 Å². The Labute approximate surface area is 148 Å². The van der Waals surface area contributed by atoms with Gasteiger partial charge in [0.15, 0.2) is 0 Å². The third-order valence-electron chi connectivity index (χ3n) is 4.18. The number of halogens is 3. The lowest BCUT2D eigenvalue weighted by molar-refractivity contribution is -0.140. The quantitative estimate of drug-likeness (QED) is 0.844. The molecule has 0 radical (unpaired) electrons. The van der Waals surface area contributed by atoms with E-state index < -0.39 is 17.6 Å². The first kappa shape index (κ1) is 18.0. The Morgan fingerprint density at radius 1 is 1.15 bits per heavy atom. The summed E-state index contributed by atoms with van der Waals surface area (Å²) in [7, 11) is 0. The molecule has 26 heavy (non-hydrogen) atoms. The second kappa shape index (κ2) is 7.60. The van der Waals surface area contributed by atoms with Crippen molar-refractivity contribution in [1.82, 2.24) is 9.97 Å². The number of nitrogens with one attached hydrogen (secondary N) is 1. The van der Waals surface area contributed by atoms with Crippen LogP contribution >= 0.6 is 0 Å². The van der Waals surface area contributed by atoms with E-state index in [0.717, 1.165) is 19.3 Å². The van der Waals surface area contributed by atoms with Crippen LogP contribution in [0.5, 0.6) is 5.88 Å². The number of aromatic nitrogens is 2. The van der Waals surface area contributed by atoms with E-state index >= 15 is 0 Å². The summed E-state index contributed by atoms with van der Waals surface area (Å²) in [5, 5.41) is 11.9. The molecule has 1 heterocycles. The molecule has 0 unspecified atom stereocenters. The van der Waals surface area contributed by atoms with Crippen LogP contribution in [0.25, 0.3) is 0 Å². The van der Waals surface area contributed by atoms with Crippen LogP contribution in [-0.2, 0) is 6.18 Å². The first-order valence-electron chi connectivity index (χ1n) is 8.34. The van der Waals surface area contributed by atoms with Crippen LogP contribution < -0.4 is 10.1 Å². The molecule has 0 spiro atoms. The van der Waals surface area contributed by atoms with Crippen molar-refractivity contribution in [3.05, 3.63) is 41.6 Å². The standard InChI is InChI=1S/C18H17F3N4O/c19-18(20,21)14-11-23-17(24-15-9-5-4-6-12(15)10-22)25-16(14)26-13-7-2-1-3-8-13/h4-6,9,11,13H,1-3,7-8H2,(H,23,24,25).